The maximum absolute atomic E-state index is 11.1. The molecule has 1 saturated carbocycles. The lowest BCUT2D eigenvalue weighted by Crippen LogP contribution is -2.18. The van der Waals surface area contributed by atoms with Gasteiger partial charge >= 0.3 is 5.97 Å². The highest BCUT2D eigenvalue weighted by atomic mass is 35.5. The number of carbonyl (C=O) groups is 1. The molecule has 1 fully saturated rings. The fourth-order valence-corrected chi connectivity index (χ4v) is 3.95. The van der Waals surface area contributed by atoms with Gasteiger partial charge < -0.3 is 14.9 Å². The predicted molar refractivity (Wildman–Crippen MR) is 98.5 cm³/mol. The van der Waals surface area contributed by atoms with E-state index in [0.29, 0.717) is 12.8 Å². The molecule has 0 amide bonds. The SMILES string of the molecule is COC(=O)CCCC=CC[C@H]1C(Cl)C[C@@H](O)[C@@H]1c1ccc(CO)cc1. The lowest BCUT2D eigenvalue weighted by Gasteiger charge is -2.23. The summed E-state index contributed by atoms with van der Waals surface area (Å²) in [7, 11) is 1.40. The summed E-state index contributed by atoms with van der Waals surface area (Å²) in [6, 6.07) is 7.73. The van der Waals surface area contributed by atoms with Crippen LogP contribution in [0.1, 0.15) is 49.1 Å². The minimum atomic E-state index is -0.444. The predicted octanol–water partition coefficient (Wildman–Crippen LogP) is 3.54. The Balaban J connectivity index is 1.93. The minimum Gasteiger partial charge on any atom is -0.469 e. The van der Waals surface area contributed by atoms with Crippen LogP contribution in [0.25, 0.3) is 0 Å². The zero-order valence-corrected chi connectivity index (χ0v) is 15.4. The van der Waals surface area contributed by atoms with Crippen LogP contribution >= 0.6 is 11.6 Å². The number of aliphatic hydroxyl groups is 2. The average Bonchev–Trinajstić information content (AvgIpc) is 2.91. The first kappa shape index (κ1) is 20.0. The Morgan fingerprint density at radius 3 is 2.68 bits per heavy atom. The van der Waals surface area contributed by atoms with Gasteiger partial charge in [-0.05, 0) is 42.7 Å². The number of benzene rings is 1. The number of rotatable bonds is 8. The highest BCUT2D eigenvalue weighted by molar-refractivity contribution is 6.21. The van der Waals surface area contributed by atoms with E-state index < -0.39 is 6.10 Å². The Labute approximate surface area is 154 Å². The molecular weight excluding hydrogens is 340 g/mol. The van der Waals surface area contributed by atoms with E-state index in [-0.39, 0.29) is 29.8 Å². The second-order valence-corrected chi connectivity index (χ2v) is 7.14. The summed E-state index contributed by atoms with van der Waals surface area (Å²) in [6.45, 7) is 0.0172. The zero-order valence-electron chi connectivity index (χ0n) is 14.6. The van der Waals surface area contributed by atoms with E-state index in [9.17, 15) is 9.90 Å². The number of allylic oxidation sites excluding steroid dienone is 2. The molecule has 0 spiro atoms. The van der Waals surface area contributed by atoms with E-state index in [1.165, 1.54) is 7.11 Å². The second kappa shape index (κ2) is 9.95. The van der Waals surface area contributed by atoms with E-state index >= 15 is 0 Å². The first-order chi connectivity index (χ1) is 12.1. The van der Waals surface area contributed by atoms with Gasteiger partial charge in [0, 0.05) is 17.7 Å². The van der Waals surface area contributed by atoms with Crippen LogP contribution in [0.2, 0.25) is 0 Å². The summed E-state index contributed by atoms with van der Waals surface area (Å²) < 4.78 is 4.62. The molecule has 1 aliphatic carbocycles. The van der Waals surface area contributed by atoms with Crippen LogP contribution in [0.4, 0.5) is 0 Å². The van der Waals surface area contributed by atoms with Crippen molar-refractivity contribution in [3.63, 3.8) is 0 Å². The van der Waals surface area contributed by atoms with Crippen molar-refractivity contribution in [2.45, 2.75) is 56.1 Å². The van der Waals surface area contributed by atoms with Crippen molar-refractivity contribution in [2.75, 3.05) is 7.11 Å². The molecule has 0 bridgehead atoms. The molecule has 1 unspecified atom stereocenters. The van der Waals surface area contributed by atoms with Gasteiger partial charge in [-0.2, -0.15) is 0 Å². The maximum atomic E-state index is 11.1. The van der Waals surface area contributed by atoms with Gasteiger partial charge in [-0.3, -0.25) is 4.79 Å². The number of halogens is 1. The number of methoxy groups -OCH3 is 1. The standard InChI is InChI=1S/C20H27ClO4/c1-25-19(24)7-5-3-2-4-6-16-17(21)12-18(23)20(16)15-10-8-14(13-22)9-11-15/h2,4,8-11,16-18,20,22-23H,3,5-7,12-13H2,1H3/t16-,17?,18+,20+/m0/s1. The van der Waals surface area contributed by atoms with Crippen LogP contribution in [0.3, 0.4) is 0 Å². The van der Waals surface area contributed by atoms with Gasteiger partial charge in [0.1, 0.15) is 0 Å². The van der Waals surface area contributed by atoms with Crippen LogP contribution in [-0.2, 0) is 16.1 Å². The molecule has 138 valence electrons. The van der Waals surface area contributed by atoms with Crippen molar-refractivity contribution >= 4 is 17.6 Å². The monoisotopic (exact) mass is 366 g/mol. The fourth-order valence-electron chi connectivity index (χ4n) is 3.51. The molecular formula is C20H27ClO4. The Morgan fingerprint density at radius 2 is 2.04 bits per heavy atom. The number of alkyl halides is 1. The van der Waals surface area contributed by atoms with Gasteiger partial charge in [-0.15, -0.1) is 11.6 Å². The molecule has 0 heterocycles. The molecule has 1 aliphatic rings. The topological polar surface area (TPSA) is 66.8 Å². The fraction of sp³-hybridized carbons (Fsp3) is 0.550. The Bertz CT molecular complexity index is 570. The Kier molecular flexibility index (Phi) is 7.94. The number of ether oxygens (including phenoxy) is 1. The molecule has 0 aliphatic heterocycles. The second-order valence-electron chi connectivity index (χ2n) is 6.58. The van der Waals surface area contributed by atoms with Crippen LogP contribution in [0.15, 0.2) is 36.4 Å². The minimum absolute atomic E-state index is 0.00922. The van der Waals surface area contributed by atoms with E-state index in [2.05, 4.69) is 16.9 Å². The Hall–Kier alpha value is -1.36. The van der Waals surface area contributed by atoms with Gasteiger partial charge in [0.2, 0.25) is 0 Å². The number of aliphatic hydroxyl groups excluding tert-OH is 2. The molecule has 5 heteroatoms. The molecule has 25 heavy (non-hydrogen) atoms. The first-order valence-corrected chi connectivity index (χ1v) is 9.24. The van der Waals surface area contributed by atoms with Crippen LogP contribution in [0, 0.1) is 5.92 Å². The van der Waals surface area contributed by atoms with Crippen molar-refractivity contribution in [3.05, 3.63) is 47.5 Å². The van der Waals surface area contributed by atoms with Gasteiger partial charge in [0.15, 0.2) is 0 Å². The average molecular weight is 367 g/mol. The molecule has 4 nitrogen and oxygen atoms in total. The van der Waals surface area contributed by atoms with E-state index in [0.717, 1.165) is 30.4 Å². The lowest BCUT2D eigenvalue weighted by molar-refractivity contribution is -0.140. The molecule has 1 aromatic carbocycles. The molecule has 4 atom stereocenters. The molecule has 0 radical (unpaired) electrons. The Morgan fingerprint density at radius 1 is 1.32 bits per heavy atom. The highest BCUT2D eigenvalue weighted by Gasteiger charge is 2.41. The maximum Gasteiger partial charge on any atom is 0.305 e. The van der Waals surface area contributed by atoms with Gasteiger partial charge in [-0.1, -0.05) is 36.4 Å². The quantitative estimate of drug-likeness (QED) is 0.319. The van der Waals surface area contributed by atoms with Gasteiger partial charge in [-0.25, -0.2) is 0 Å². The molecule has 1 aromatic rings. The van der Waals surface area contributed by atoms with Crippen molar-refractivity contribution in [1.82, 2.24) is 0 Å². The van der Waals surface area contributed by atoms with E-state index in [1.807, 2.05) is 24.3 Å². The highest BCUT2D eigenvalue weighted by Crippen LogP contribution is 2.44. The van der Waals surface area contributed by atoms with Crippen molar-refractivity contribution < 1.29 is 19.7 Å². The van der Waals surface area contributed by atoms with Crippen LogP contribution < -0.4 is 0 Å². The van der Waals surface area contributed by atoms with Crippen molar-refractivity contribution in [1.29, 1.82) is 0 Å². The largest absolute Gasteiger partial charge is 0.469 e. The zero-order chi connectivity index (χ0) is 18.2. The normalized spacial score (nSPS) is 26.2. The van der Waals surface area contributed by atoms with Gasteiger partial charge in [0.05, 0.1) is 19.8 Å². The van der Waals surface area contributed by atoms with Gasteiger partial charge in [0.25, 0.3) is 0 Å². The van der Waals surface area contributed by atoms with E-state index in [1.54, 1.807) is 0 Å². The number of carbonyl (C=O) groups excluding carboxylic acids is 1. The third-order valence-electron chi connectivity index (χ3n) is 4.91. The lowest BCUT2D eigenvalue weighted by atomic mass is 9.85. The molecule has 2 N–H and O–H groups in total. The summed E-state index contributed by atoms with van der Waals surface area (Å²) in [5.74, 6) is 0.00277. The summed E-state index contributed by atoms with van der Waals surface area (Å²) in [5.41, 5.74) is 1.93. The molecule has 0 saturated heterocycles. The molecule has 2 rings (SSSR count). The number of hydrogen-bond donors (Lipinski definition) is 2. The number of hydrogen-bond acceptors (Lipinski definition) is 4. The summed E-state index contributed by atoms with van der Waals surface area (Å²) in [6.07, 6.45) is 7.15. The van der Waals surface area contributed by atoms with E-state index in [4.69, 9.17) is 16.7 Å². The third kappa shape index (κ3) is 5.56. The van der Waals surface area contributed by atoms with Crippen molar-refractivity contribution in [2.24, 2.45) is 5.92 Å². The number of unbranched alkanes of at least 4 members (excludes halogenated alkanes) is 1. The van der Waals surface area contributed by atoms with Crippen LogP contribution in [0.5, 0.6) is 0 Å². The smallest absolute Gasteiger partial charge is 0.305 e. The van der Waals surface area contributed by atoms with Crippen molar-refractivity contribution in [3.8, 4) is 0 Å². The summed E-state index contributed by atoms with van der Waals surface area (Å²) in [4.78, 5) is 11.1. The number of esters is 1. The first-order valence-electron chi connectivity index (χ1n) is 8.80. The summed E-state index contributed by atoms with van der Waals surface area (Å²) >= 11 is 6.48. The third-order valence-corrected chi connectivity index (χ3v) is 5.41. The van der Waals surface area contributed by atoms with Crippen LogP contribution in [-0.4, -0.2) is 34.8 Å². The molecule has 0 aromatic heterocycles. The summed E-state index contributed by atoms with van der Waals surface area (Å²) in [5, 5.41) is 19.5.